The maximum absolute atomic E-state index is 13.1. The summed E-state index contributed by atoms with van der Waals surface area (Å²) < 4.78 is 12.1. The number of imidazole rings is 1. The molecule has 0 saturated carbocycles. The summed E-state index contributed by atoms with van der Waals surface area (Å²) in [7, 11) is 0. The minimum Gasteiger partial charge on any atom is -0.463 e. The van der Waals surface area contributed by atoms with Crippen molar-refractivity contribution in [2.45, 2.75) is 52.7 Å². The molecular formula is C27H29ClN6O4. The Hall–Kier alpha value is -4.05. The summed E-state index contributed by atoms with van der Waals surface area (Å²) in [5, 5.41) is 14.4. The van der Waals surface area contributed by atoms with E-state index in [9.17, 15) is 9.59 Å². The van der Waals surface area contributed by atoms with E-state index in [4.69, 9.17) is 21.1 Å². The standard InChI is InChI=1S/C27H29ClN6O4/c1-4-6-11-22-29-24(28)23(27(36)38-17(3)26(35)37-5-2)34(22)16-18-12-14-19(15-13-18)20-9-7-8-10-21(20)25-30-32-33-31-25/h7-10,12-15,17H,4-6,11,16H2,1-3H3,(H,30,31,32,33). The van der Waals surface area contributed by atoms with E-state index in [1.807, 2.05) is 48.5 Å². The lowest BCUT2D eigenvalue weighted by molar-refractivity contribution is -0.152. The predicted octanol–water partition coefficient (Wildman–Crippen LogP) is 4.88. The first kappa shape index (κ1) is 27.0. The highest BCUT2D eigenvalue weighted by molar-refractivity contribution is 6.32. The third-order valence-electron chi connectivity index (χ3n) is 5.97. The summed E-state index contributed by atoms with van der Waals surface area (Å²) in [5.74, 6) is -0.153. The summed E-state index contributed by atoms with van der Waals surface area (Å²) in [4.78, 5) is 29.5. The van der Waals surface area contributed by atoms with Gasteiger partial charge in [0.2, 0.25) is 5.82 Å². The average molecular weight is 537 g/mol. The smallest absolute Gasteiger partial charge is 0.359 e. The highest BCUT2D eigenvalue weighted by Crippen LogP contribution is 2.30. The molecule has 10 nitrogen and oxygen atoms in total. The first-order valence-corrected chi connectivity index (χ1v) is 12.8. The van der Waals surface area contributed by atoms with Gasteiger partial charge in [-0.15, -0.1) is 10.2 Å². The van der Waals surface area contributed by atoms with Crippen molar-refractivity contribution in [1.82, 2.24) is 30.2 Å². The molecule has 1 unspecified atom stereocenters. The Morgan fingerprint density at radius 2 is 1.82 bits per heavy atom. The molecule has 198 valence electrons. The monoisotopic (exact) mass is 536 g/mol. The summed E-state index contributed by atoms with van der Waals surface area (Å²) >= 11 is 6.42. The van der Waals surface area contributed by atoms with Crippen LogP contribution in [0.25, 0.3) is 22.5 Å². The van der Waals surface area contributed by atoms with Gasteiger partial charge in [-0.05, 0) is 42.2 Å². The largest absolute Gasteiger partial charge is 0.463 e. The molecule has 0 radical (unpaired) electrons. The van der Waals surface area contributed by atoms with E-state index >= 15 is 0 Å². The van der Waals surface area contributed by atoms with Crippen LogP contribution in [-0.4, -0.2) is 54.8 Å². The van der Waals surface area contributed by atoms with Crippen molar-refractivity contribution >= 4 is 23.5 Å². The van der Waals surface area contributed by atoms with Crippen LogP contribution in [0.1, 0.15) is 55.5 Å². The van der Waals surface area contributed by atoms with Gasteiger partial charge < -0.3 is 14.0 Å². The zero-order valence-electron chi connectivity index (χ0n) is 21.5. The van der Waals surface area contributed by atoms with Gasteiger partial charge in [0, 0.05) is 18.5 Å². The Balaban J connectivity index is 1.62. The van der Waals surface area contributed by atoms with Crippen molar-refractivity contribution in [2.75, 3.05) is 6.61 Å². The van der Waals surface area contributed by atoms with Gasteiger partial charge in [0.05, 0.1) is 6.61 Å². The molecule has 2 aromatic carbocycles. The number of halogens is 1. The Labute approximate surface area is 225 Å². The number of benzene rings is 2. The second-order valence-corrected chi connectivity index (χ2v) is 8.99. The van der Waals surface area contributed by atoms with Crippen molar-refractivity contribution in [3.63, 3.8) is 0 Å². The number of ether oxygens (including phenoxy) is 2. The molecular weight excluding hydrogens is 508 g/mol. The number of nitrogens with zero attached hydrogens (tertiary/aromatic N) is 5. The first-order chi connectivity index (χ1) is 18.4. The molecule has 1 atom stereocenters. The van der Waals surface area contributed by atoms with Crippen molar-refractivity contribution in [1.29, 1.82) is 0 Å². The van der Waals surface area contributed by atoms with Gasteiger partial charge in [-0.3, -0.25) is 0 Å². The van der Waals surface area contributed by atoms with E-state index in [0.29, 0.717) is 24.6 Å². The number of unbranched alkanes of at least 4 members (excludes halogenated alkanes) is 1. The van der Waals surface area contributed by atoms with Gasteiger partial charge in [-0.2, -0.15) is 5.21 Å². The Bertz CT molecular complexity index is 1390. The number of hydrogen-bond acceptors (Lipinski definition) is 8. The number of esters is 2. The molecule has 2 heterocycles. The summed E-state index contributed by atoms with van der Waals surface area (Å²) in [5.41, 5.74) is 3.85. The first-order valence-electron chi connectivity index (χ1n) is 12.5. The van der Waals surface area contributed by atoms with Crippen LogP contribution in [0, 0.1) is 0 Å². The Kier molecular flexibility index (Phi) is 8.85. The molecule has 0 amide bonds. The van der Waals surface area contributed by atoms with Crippen molar-refractivity contribution in [2.24, 2.45) is 0 Å². The minimum atomic E-state index is -1.07. The van der Waals surface area contributed by atoms with Gasteiger partial charge in [0.25, 0.3) is 0 Å². The number of aromatic nitrogens is 6. The molecule has 0 aliphatic carbocycles. The molecule has 0 fully saturated rings. The predicted molar refractivity (Wildman–Crippen MR) is 142 cm³/mol. The molecule has 0 aliphatic rings. The highest BCUT2D eigenvalue weighted by Gasteiger charge is 2.27. The van der Waals surface area contributed by atoms with Crippen LogP contribution in [-0.2, 0) is 27.2 Å². The average Bonchev–Trinajstić information content (AvgIpc) is 3.56. The second kappa shape index (κ2) is 12.5. The van der Waals surface area contributed by atoms with E-state index in [-0.39, 0.29) is 17.5 Å². The van der Waals surface area contributed by atoms with Crippen LogP contribution >= 0.6 is 11.6 Å². The van der Waals surface area contributed by atoms with Gasteiger partial charge in [0.15, 0.2) is 17.0 Å². The SMILES string of the molecule is CCCCc1nc(Cl)c(C(=O)OC(C)C(=O)OCC)n1Cc1ccc(-c2ccccc2-c2nn[nH]n2)cc1. The van der Waals surface area contributed by atoms with Crippen LogP contribution in [0.2, 0.25) is 5.15 Å². The fraction of sp³-hybridized carbons (Fsp3) is 0.333. The third-order valence-corrected chi connectivity index (χ3v) is 6.24. The normalized spacial score (nSPS) is 11.8. The van der Waals surface area contributed by atoms with E-state index in [0.717, 1.165) is 35.1 Å². The molecule has 0 saturated heterocycles. The highest BCUT2D eigenvalue weighted by atomic mass is 35.5. The molecule has 1 N–H and O–H groups in total. The van der Waals surface area contributed by atoms with Crippen LogP contribution in [0.15, 0.2) is 48.5 Å². The fourth-order valence-corrected chi connectivity index (χ4v) is 4.34. The van der Waals surface area contributed by atoms with Gasteiger partial charge in [0.1, 0.15) is 5.82 Å². The summed E-state index contributed by atoms with van der Waals surface area (Å²) in [6, 6.07) is 15.8. The van der Waals surface area contributed by atoms with E-state index in [1.54, 1.807) is 11.5 Å². The van der Waals surface area contributed by atoms with Gasteiger partial charge >= 0.3 is 11.9 Å². The van der Waals surface area contributed by atoms with Crippen molar-refractivity contribution in [3.8, 4) is 22.5 Å². The molecule has 0 aliphatic heterocycles. The molecule has 11 heteroatoms. The molecule has 2 aromatic heterocycles. The van der Waals surface area contributed by atoms with E-state index in [1.165, 1.54) is 6.92 Å². The van der Waals surface area contributed by atoms with Gasteiger partial charge in [-0.25, -0.2) is 14.6 Å². The maximum atomic E-state index is 13.1. The summed E-state index contributed by atoms with van der Waals surface area (Å²) in [6.45, 7) is 5.78. The maximum Gasteiger partial charge on any atom is 0.359 e. The number of carbonyl (C=O) groups is 2. The third kappa shape index (κ3) is 6.08. The minimum absolute atomic E-state index is 0.0443. The molecule has 4 aromatic rings. The molecule has 4 rings (SSSR count). The van der Waals surface area contributed by atoms with Crippen molar-refractivity contribution in [3.05, 3.63) is 70.8 Å². The summed E-state index contributed by atoms with van der Waals surface area (Å²) in [6.07, 6.45) is 1.41. The van der Waals surface area contributed by atoms with Gasteiger partial charge in [-0.1, -0.05) is 73.5 Å². The number of aromatic amines is 1. The number of hydrogen-bond donors (Lipinski definition) is 1. The molecule has 0 bridgehead atoms. The Morgan fingerprint density at radius 3 is 2.47 bits per heavy atom. The molecule has 38 heavy (non-hydrogen) atoms. The number of rotatable bonds is 11. The lowest BCUT2D eigenvalue weighted by atomic mass is 9.98. The van der Waals surface area contributed by atoms with E-state index < -0.39 is 18.0 Å². The fourth-order valence-electron chi connectivity index (χ4n) is 4.06. The van der Waals surface area contributed by atoms with Crippen LogP contribution < -0.4 is 0 Å². The van der Waals surface area contributed by atoms with E-state index in [2.05, 4.69) is 32.5 Å². The molecule has 0 spiro atoms. The lowest BCUT2D eigenvalue weighted by Gasteiger charge is -2.15. The number of H-pyrrole nitrogens is 1. The number of tetrazole rings is 1. The van der Waals surface area contributed by atoms with Crippen LogP contribution in [0.5, 0.6) is 0 Å². The number of nitrogens with one attached hydrogen (secondary N) is 1. The topological polar surface area (TPSA) is 125 Å². The number of aryl methyl sites for hydroxylation is 1. The zero-order chi connectivity index (χ0) is 27.1. The van der Waals surface area contributed by atoms with Crippen LogP contribution in [0.4, 0.5) is 0 Å². The number of carbonyl (C=O) groups excluding carboxylic acids is 2. The van der Waals surface area contributed by atoms with Crippen LogP contribution in [0.3, 0.4) is 0 Å². The van der Waals surface area contributed by atoms with Crippen molar-refractivity contribution < 1.29 is 19.1 Å². The second-order valence-electron chi connectivity index (χ2n) is 8.63. The quantitative estimate of drug-likeness (QED) is 0.269. The zero-order valence-corrected chi connectivity index (χ0v) is 22.2. The lowest BCUT2D eigenvalue weighted by Crippen LogP contribution is -2.27. The Morgan fingerprint density at radius 1 is 1.08 bits per heavy atom.